The van der Waals surface area contributed by atoms with Gasteiger partial charge in [0.2, 0.25) is 11.8 Å². The lowest BCUT2D eigenvalue weighted by Crippen LogP contribution is -2.54. The molecule has 0 radical (unpaired) electrons. The Morgan fingerprint density at radius 2 is 1.00 bits per heavy atom. The lowest BCUT2D eigenvalue weighted by Gasteiger charge is -2.27. The summed E-state index contributed by atoms with van der Waals surface area (Å²) in [6.07, 6.45) is 0.172. The summed E-state index contributed by atoms with van der Waals surface area (Å²) in [5.74, 6) is -2.16. The number of carbonyl (C=O) groups excluding carboxylic acids is 4. The highest BCUT2D eigenvalue weighted by atomic mass is 127. The summed E-state index contributed by atoms with van der Waals surface area (Å²) in [6, 6.07) is 3.91. The molecule has 2 heterocycles. The van der Waals surface area contributed by atoms with Crippen molar-refractivity contribution in [2.75, 3.05) is 148 Å². The third kappa shape index (κ3) is 18.2. The number of hydrogen-bond donors (Lipinski definition) is 2. The number of amides is 4. The van der Waals surface area contributed by atoms with Gasteiger partial charge in [-0.3, -0.25) is 29.4 Å². The Labute approximate surface area is 324 Å². The molecule has 2 aliphatic rings. The number of imide groups is 2. The molecule has 0 spiro atoms. The molecule has 2 N–H and O–H groups in total. The van der Waals surface area contributed by atoms with E-state index in [0.717, 1.165) is 15.9 Å². The number of nitrogens with one attached hydrogen (secondary N) is 2. The van der Waals surface area contributed by atoms with Crippen molar-refractivity contribution in [3.63, 3.8) is 0 Å². The van der Waals surface area contributed by atoms with Crippen molar-refractivity contribution in [3.8, 4) is 0 Å². The minimum atomic E-state index is -1.01. The number of hydrogen-bond acceptors (Lipinski definition) is 15. The molecule has 1 atom stereocenters. The van der Waals surface area contributed by atoms with Crippen LogP contribution >= 0.6 is 22.6 Å². The summed E-state index contributed by atoms with van der Waals surface area (Å²) in [4.78, 5) is 50.8. The van der Waals surface area contributed by atoms with E-state index in [-0.39, 0.29) is 24.0 Å². The third-order valence-electron chi connectivity index (χ3n) is 7.60. The van der Waals surface area contributed by atoms with Gasteiger partial charge < -0.3 is 52.7 Å². The molecule has 300 valence electrons. The zero-order valence-corrected chi connectivity index (χ0v) is 32.5. The van der Waals surface area contributed by atoms with Crippen LogP contribution in [0.15, 0.2) is 18.2 Å². The van der Waals surface area contributed by atoms with Crippen LogP contribution in [0.4, 0.5) is 5.69 Å². The fraction of sp³-hybridized carbons (Fsp3) is 0.714. The molecule has 53 heavy (non-hydrogen) atoms. The van der Waals surface area contributed by atoms with Gasteiger partial charge in [-0.05, 0) is 18.6 Å². The standard InChI is InChI=1S/C35H54IN3O14/c36-6-8-44-10-12-46-14-16-48-18-20-50-22-24-52-26-27-53-25-23-51-21-19-49-17-15-47-13-11-45-9-7-37-29-3-1-2-28-32(29)35(43)39(34(28)42)30-4-5-31(40)38-33(30)41/h1-3,30,37H,4-27H2,(H,38,40,41). The van der Waals surface area contributed by atoms with Crippen LogP contribution < -0.4 is 10.6 Å². The average Bonchev–Trinajstić information content (AvgIpc) is 3.41. The van der Waals surface area contributed by atoms with Gasteiger partial charge in [-0.25, -0.2) is 0 Å². The van der Waals surface area contributed by atoms with Crippen molar-refractivity contribution in [1.82, 2.24) is 10.2 Å². The van der Waals surface area contributed by atoms with Gasteiger partial charge in [-0.15, -0.1) is 0 Å². The number of carbonyl (C=O) groups is 4. The van der Waals surface area contributed by atoms with Gasteiger partial charge in [0.05, 0.1) is 143 Å². The first-order valence-corrected chi connectivity index (χ1v) is 19.5. The van der Waals surface area contributed by atoms with Crippen molar-refractivity contribution in [1.29, 1.82) is 0 Å². The van der Waals surface area contributed by atoms with Gasteiger partial charge in [0.1, 0.15) is 6.04 Å². The maximum absolute atomic E-state index is 13.1. The average molecular weight is 868 g/mol. The predicted octanol–water partition coefficient (Wildman–Crippen LogP) is 1.10. The van der Waals surface area contributed by atoms with E-state index < -0.39 is 29.7 Å². The number of ether oxygens (including phenoxy) is 10. The molecule has 1 aromatic rings. The molecule has 1 saturated heterocycles. The van der Waals surface area contributed by atoms with Crippen LogP contribution in [-0.2, 0) is 57.0 Å². The molecule has 18 heteroatoms. The Morgan fingerprint density at radius 3 is 1.42 bits per heavy atom. The van der Waals surface area contributed by atoms with Crippen molar-refractivity contribution >= 4 is 51.9 Å². The molecule has 2 aliphatic heterocycles. The molecule has 0 saturated carbocycles. The first-order chi connectivity index (χ1) is 26.0. The molecule has 1 fully saturated rings. The van der Waals surface area contributed by atoms with Crippen molar-refractivity contribution in [2.24, 2.45) is 0 Å². The van der Waals surface area contributed by atoms with E-state index in [2.05, 4.69) is 33.2 Å². The van der Waals surface area contributed by atoms with Crippen LogP contribution in [0.5, 0.6) is 0 Å². The second kappa shape index (κ2) is 29.0. The van der Waals surface area contributed by atoms with Crippen LogP contribution in [-0.4, -0.2) is 178 Å². The van der Waals surface area contributed by atoms with Gasteiger partial charge >= 0.3 is 0 Å². The van der Waals surface area contributed by atoms with E-state index in [1.807, 2.05) is 0 Å². The molecule has 0 bridgehead atoms. The maximum Gasteiger partial charge on any atom is 0.264 e. The number of fused-ring (bicyclic) bond motifs is 1. The normalized spacial score (nSPS) is 15.7. The monoisotopic (exact) mass is 867 g/mol. The van der Waals surface area contributed by atoms with E-state index in [1.165, 1.54) is 0 Å². The second-order valence-corrected chi connectivity index (χ2v) is 12.5. The Kier molecular flexibility index (Phi) is 24.6. The number of piperidine rings is 1. The third-order valence-corrected chi connectivity index (χ3v) is 8.04. The summed E-state index contributed by atoms with van der Waals surface area (Å²) in [5, 5.41) is 5.33. The summed E-state index contributed by atoms with van der Waals surface area (Å²) in [7, 11) is 0. The zero-order chi connectivity index (χ0) is 37.8. The number of benzene rings is 1. The maximum atomic E-state index is 13.1. The van der Waals surface area contributed by atoms with Crippen LogP contribution in [0.3, 0.4) is 0 Å². The van der Waals surface area contributed by atoms with Crippen LogP contribution in [0, 0.1) is 0 Å². The Balaban J connectivity index is 1.03. The van der Waals surface area contributed by atoms with Crippen molar-refractivity contribution in [2.45, 2.75) is 18.9 Å². The molecular weight excluding hydrogens is 813 g/mol. The Bertz CT molecular complexity index is 1210. The molecule has 3 rings (SSSR count). The van der Waals surface area contributed by atoms with Crippen molar-refractivity contribution < 1.29 is 66.5 Å². The molecule has 1 unspecified atom stereocenters. The molecule has 1 aromatic carbocycles. The largest absolute Gasteiger partial charge is 0.382 e. The summed E-state index contributed by atoms with van der Waals surface area (Å²) < 4.78 is 55.7. The highest BCUT2D eigenvalue weighted by Gasteiger charge is 2.45. The Morgan fingerprint density at radius 1 is 0.585 bits per heavy atom. The van der Waals surface area contributed by atoms with E-state index >= 15 is 0 Å². The van der Waals surface area contributed by atoms with Gasteiger partial charge in [-0.2, -0.15) is 0 Å². The highest BCUT2D eigenvalue weighted by Crippen LogP contribution is 2.32. The number of alkyl halides is 1. The first kappa shape index (κ1) is 45.0. The van der Waals surface area contributed by atoms with E-state index in [9.17, 15) is 19.2 Å². The van der Waals surface area contributed by atoms with E-state index in [1.54, 1.807) is 18.2 Å². The van der Waals surface area contributed by atoms with Gasteiger partial charge in [0.15, 0.2) is 0 Å². The number of halogens is 1. The van der Waals surface area contributed by atoms with Crippen molar-refractivity contribution in [3.05, 3.63) is 29.3 Å². The lowest BCUT2D eigenvalue weighted by molar-refractivity contribution is -0.136. The number of nitrogens with zero attached hydrogens (tertiary/aromatic N) is 1. The fourth-order valence-corrected chi connectivity index (χ4v) is 5.37. The Hall–Kier alpha value is -2.37. The molecular formula is C35H54IN3O14. The predicted molar refractivity (Wildman–Crippen MR) is 199 cm³/mol. The van der Waals surface area contributed by atoms with E-state index in [0.29, 0.717) is 138 Å². The zero-order valence-electron chi connectivity index (χ0n) is 30.3. The minimum absolute atomic E-state index is 0.0668. The summed E-state index contributed by atoms with van der Waals surface area (Å²) in [5.41, 5.74) is 0.911. The summed E-state index contributed by atoms with van der Waals surface area (Å²) >= 11 is 2.27. The molecule has 0 aliphatic carbocycles. The van der Waals surface area contributed by atoms with Crippen LogP contribution in [0.2, 0.25) is 0 Å². The highest BCUT2D eigenvalue weighted by molar-refractivity contribution is 14.1. The number of anilines is 1. The van der Waals surface area contributed by atoms with Gasteiger partial charge in [0.25, 0.3) is 11.8 Å². The molecule has 4 amide bonds. The molecule has 17 nitrogen and oxygen atoms in total. The first-order valence-electron chi connectivity index (χ1n) is 18.0. The van der Waals surface area contributed by atoms with Gasteiger partial charge in [0, 0.05) is 23.1 Å². The smallest absolute Gasteiger partial charge is 0.264 e. The van der Waals surface area contributed by atoms with E-state index in [4.69, 9.17) is 47.4 Å². The fourth-order valence-electron chi connectivity index (χ4n) is 5.06. The SMILES string of the molecule is O=C1CCC(N2C(=O)c3cccc(NCCOCCOCCOCCOCCOCCOCCOCCOCCOCCOCCI)c3C2=O)C(=O)N1. The topological polar surface area (TPSA) is 188 Å². The quantitative estimate of drug-likeness (QED) is 0.0434. The lowest BCUT2D eigenvalue weighted by atomic mass is 10.0. The minimum Gasteiger partial charge on any atom is -0.382 e. The number of rotatable bonds is 34. The molecule has 0 aromatic heterocycles. The van der Waals surface area contributed by atoms with Gasteiger partial charge in [-0.1, -0.05) is 28.7 Å². The summed E-state index contributed by atoms with van der Waals surface area (Å²) in [6.45, 7) is 10.2. The van der Waals surface area contributed by atoms with Crippen LogP contribution in [0.25, 0.3) is 0 Å². The second-order valence-electron chi connectivity index (χ2n) is 11.4. The van der Waals surface area contributed by atoms with Crippen LogP contribution in [0.1, 0.15) is 33.6 Å².